The lowest BCUT2D eigenvalue weighted by molar-refractivity contribution is 0.430. The third-order valence-electron chi connectivity index (χ3n) is 5.28. The topological polar surface area (TPSA) is 54.6 Å². The smallest absolute Gasteiger partial charge is 0.137 e. The molecule has 0 aliphatic carbocycles. The van der Waals surface area contributed by atoms with Gasteiger partial charge in [-0.2, -0.15) is 0 Å². The van der Waals surface area contributed by atoms with Gasteiger partial charge in [0, 0.05) is 53.8 Å². The van der Waals surface area contributed by atoms with Gasteiger partial charge in [0.15, 0.2) is 0 Å². The minimum absolute atomic E-state index is 0.0216. The van der Waals surface area contributed by atoms with Crippen molar-refractivity contribution in [1.82, 2.24) is 4.57 Å². The Kier molecular flexibility index (Phi) is 3.84. The van der Waals surface area contributed by atoms with E-state index in [0.29, 0.717) is 23.5 Å². The van der Waals surface area contributed by atoms with Crippen molar-refractivity contribution >= 4 is 17.0 Å². The average molecular weight is 387 g/mol. The first-order valence-corrected chi connectivity index (χ1v) is 9.27. The fraction of sp³-hybridized carbons (Fsp3) is 0.0833. The number of rotatable bonds is 2. The van der Waals surface area contributed by atoms with E-state index in [9.17, 15) is 14.6 Å². The molecule has 2 heterocycles. The van der Waals surface area contributed by atoms with Crippen molar-refractivity contribution in [3.05, 3.63) is 83.5 Å². The van der Waals surface area contributed by atoms with E-state index in [-0.39, 0.29) is 17.3 Å². The Morgan fingerprint density at radius 3 is 2.66 bits per heavy atom. The molecular formula is C24H18FNO3. The molecule has 0 saturated carbocycles. The van der Waals surface area contributed by atoms with Crippen molar-refractivity contribution in [2.24, 2.45) is 7.05 Å². The Balaban J connectivity index is 1.64. The van der Waals surface area contributed by atoms with E-state index in [1.54, 1.807) is 12.1 Å². The molecule has 2 N–H and O–H groups in total. The molecule has 1 aliphatic heterocycles. The highest BCUT2D eigenvalue weighted by molar-refractivity contribution is 6.01. The Labute approximate surface area is 166 Å². The maximum absolute atomic E-state index is 13.4. The predicted molar refractivity (Wildman–Crippen MR) is 110 cm³/mol. The van der Waals surface area contributed by atoms with Gasteiger partial charge in [-0.25, -0.2) is 4.39 Å². The van der Waals surface area contributed by atoms with Crippen LogP contribution in [0.2, 0.25) is 0 Å². The lowest BCUT2D eigenvalue weighted by Crippen LogP contribution is -1.88. The number of halogens is 1. The van der Waals surface area contributed by atoms with Gasteiger partial charge in [0.2, 0.25) is 0 Å². The Morgan fingerprint density at radius 1 is 1.07 bits per heavy atom. The number of aromatic nitrogens is 1. The molecule has 5 heteroatoms. The maximum Gasteiger partial charge on any atom is 0.137 e. The molecule has 3 aromatic carbocycles. The van der Waals surface area contributed by atoms with Crippen LogP contribution in [0, 0.1) is 5.82 Å². The third-order valence-corrected chi connectivity index (χ3v) is 5.28. The molecule has 1 aromatic heterocycles. The number of aromatic hydroxyl groups is 2. The summed E-state index contributed by atoms with van der Waals surface area (Å²) in [6.45, 7) is 0. The molecule has 4 nitrogen and oxygen atoms in total. The summed E-state index contributed by atoms with van der Waals surface area (Å²) in [7, 11) is 1.98. The third kappa shape index (κ3) is 2.91. The zero-order valence-electron chi connectivity index (χ0n) is 15.7. The molecule has 0 spiro atoms. The number of benzene rings is 3. The van der Waals surface area contributed by atoms with Crippen LogP contribution in [-0.2, 0) is 13.5 Å². The minimum Gasteiger partial charge on any atom is -0.508 e. The second kappa shape index (κ2) is 6.41. The Hall–Kier alpha value is -3.73. The van der Waals surface area contributed by atoms with Gasteiger partial charge in [0.05, 0.1) is 0 Å². The highest BCUT2D eigenvalue weighted by atomic mass is 19.1. The molecule has 0 saturated heterocycles. The molecule has 4 aromatic rings. The standard InChI is InChI=1S/C24H18FNO3/c1-26-13-15(9-18-12-20-22(28)10-17(27)11-23(20)29-18)24-19(3-2-4-21(24)26)14-5-7-16(25)8-6-14/h2-11,13,27-28H,12H2,1H3/b18-9-. The zero-order chi connectivity index (χ0) is 20.1. The summed E-state index contributed by atoms with van der Waals surface area (Å²) in [5.41, 5.74) is 4.61. The number of fused-ring (bicyclic) bond motifs is 2. The highest BCUT2D eigenvalue weighted by Gasteiger charge is 2.23. The van der Waals surface area contributed by atoms with Crippen LogP contribution in [0.15, 0.2) is 66.6 Å². The molecule has 0 fully saturated rings. The quantitative estimate of drug-likeness (QED) is 0.486. The maximum atomic E-state index is 13.4. The first kappa shape index (κ1) is 17.4. The summed E-state index contributed by atoms with van der Waals surface area (Å²) in [6, 6.07) is 15.3. The summed E-state index contributed by atoms with van der Waals surface area (Å²) in [6.07, 6.45) is 4.41. The molecule has 0 unspecified atom stereocenters. The molecule has 0 amide bonds. The molecule has 29 heavy (non-hydrogen) atoms. The Morgan fingerprint density at radius 2 is 1.86 bits per heavy atom. The number of allylic oxidation sites excluding steroid dienone is 1. The van der Waals surface area contributed by atoms with Crippen LogP contribution in [0.25, 0.3) is 28.1 Å². The van der Waals surface area contributed by atoms with Crippen molar-refractivity contribution in [2.45, 2.75) is 6.42 Å². The van der Waals surface area contributed by atoms with E-state index in [1.165, 1.54) is 24.3 Å². The second-order valence-corrected chi connectivity index (χ2v) is 7.23. The first-order valence-electron chi connectivity index (χ1n) is 9.27. The summed E-state index contributed by atoms with van der Waals surface area (Å²) in [5, 5.41) is 20.8. The molecule has 0 bridgehead atoms. The Bertz CT molecular complexity index is 1290. The van der Waals surface area contributed by atoms with Gasteiger partial charge in [-0.1, -0.05) is 24.3 Å². The van der Waals surface area contributed by atoms with Gasteiger partial charge in [-0.3, -0.25) is 0 Å². The van der Waals surface area contributed by atoms with Gasteiger partial charge in [0.1, 0.15) is 28.8 Å². The van der Waals surface area contributed by atoms with Gasteiger partial charge in [-0.05, 0) is 35.4 Å². The van der Waals surface area contributed by atoms with E-state index in [4.69, 9.17) is 4.74 Å². The molecule has 1 aliphatic rings. The number of hydrogen-bond donors (Lipinski definition) is 2. The van der Waals surface area contributed by atoms with Gasteiger partial charge in [-0.15, -0.1) is 0 Å². The summed E-state index contributed by atoms with van der Waals surface area (Å²) >= 11 is 0. The lowest BCUT2D eigenvalue weighted by Gasteiger charge is -2.06. The number of ether oxygens (including phenoxy) is 1. The summed E-state index contributed by atoms with van der Waals surface area (Å²) in [5.74, 6) is 0.867. The van der Waals surface area contributed by atoms with Crippen LogP contribution in [0.3, 0.4) is 0 Å². The van der Waals surface area contributed by atoms with Gasteiger partial charge < -0.3 is 19.5 Å². The molecule has 144 valence electrons. The normalized spacial score (nSPS) is 14.3. The van der Waals surface area contributed by atoms with Crippen LogP contribution in [0.4, 0.5) is 4.39 Å². The van der Waals surface area contributed by atoms with Gasteiger partial charge >= 0.3 is 0 Å². The van der Waals surface area contributed by atoms with Crippen LogP contribution in [0.1, 0.15) is 11.1 Å². The van der Waals surface area contributed by atoms with Crippen molar-refractivity contribution in [3.63, 3.8) is 0 Å². The number of phenolic OH excluding ortho intramolecular Hbond substituents is 2. The second-order valence-electron chi connectivity index (χ2n) is 7.23. The van der Waals surface area contributed by atoms with E-state index in [2.05, 4.69) is 0 Å². The predicted octanol–water partition coefficient (Wildman–Crippen LogP) is 5.37. The molecule has 0 atom stereocenters. The van der Waals surface area contributed by atoms with E-state index < -0.39 is 0 Å². The van der Waals surface area contributed by atoms with Crippen molar-refractivity contribution < 1.29 is 19.3 Å². The molecule has 5 rings (SSSR count). The fourth-order valence-corrected chi connectivity index (χ4v) is 3.95. The van der Waals surface area contributed by atoms with Crippen molar-refractivity contribution in [2.75, 3.05) is 0 Å². The largest absolute Gasteiger partial charge is 0.508 e. The monoisotopic (exact) mass is 387 g/mol. The summed E-state index contributed by atoms with van der Waals surface area (Å²) < 4.78 is 21.3. The molecule has 0 radical (unpaired) electrons. The van der Waals surface area contributed by atoms with Crippen LogP contribution in [0.5, 0.6) is 17.2 Å². The van der Waals surface area contributed by atoms with Crippen LogP contribution in [-0.4, -0.2) is 14.8 Å². The molecular weight excluding hydrogens is 369 g/mol. The van der Waals surface area contributed by atoms with Crippen LogP contribution < -0.4 is 4.74 Å². The SMILES string of the molecule is Cn1cc(/C=C2/Cc3c(O)cc(O)cc3O2)c2c(-c3ccc(F)cc3)cccc21. The fourth-order valence-electron chi connectivity index (χ4n) is 3.95. The van der Waals surface area contributed by atoms with Crippen LogP contribution >= 0.6 is 0 Å². The van der Waals surface area contributed by atoms with E-state index in [1.807, 2.05) is 42.1 Å². The lowest BCUT2D eigenvalue weighted by atomic mass is 9.98. The number of phenols is 2. The minimum atomic E-state index is -0.267. The number of hydrogen-bond acceptors (Lipinski definition) is 3. The van der Waals surface area contributed by atoms with Gasteiger partial charge in [0.25, 0.3) is 0 Å². The number of nitrogens with zero attached hydrogens (tertiary/aromatic N) is 1. The first-order chi connectivity index (χ1) is 14.0. The zero-order valence-corrected chi connectivity index (χ0v) is 15.7. The van der Waals surface area contributed by atoms with Crippen molar-refractivity contribution in [1.29, 1.82) is 0 Å². The highest BCUT2D eigenvalue weighted by Crippen LogP contribution is 2.41. The number of aryl methyl sites for hydroxylation is 1. The van der Waals surface area contributed by atoms with E-state index >= 15 is 0 Å². The van der Waals surface area contributed by atoms with E-state index in [0.717, 1.165) is 27.6 Å². The van der Waals surface area contributed by atoms with Crippen molar-refractivity contribution in [3.8, 4) is 28.4 Å². The average Bonchev–Trinajstić information content (AvgIpc) is 3.24. The summed E-state index contributed by atoms with van der Waals surface area (Å²) in [4.78, 5) is 0.